The summed E-state index contributed by atoms with van der Waals surface area (Å²) in [5, 5.41) is 2.94. The van der Waals surface area contributed by atoms with E-state index >= 15 is 0 Å². The van der Waals surface area contributed by atoms with Crippen LogP contribution in [0, 0.1) is 6.92 Å². The lowest BCUT2D eigenvalue weighted by atomic mass is 9.76. The summed E-state index contributed by atoms with van der Waals surface area (Å²) in [5.74, 6) is 1.09. The van der Waals surface area contributed by atoms with Gasteiger partial charge < -0.3 is 19.7 Å². The summed E-state index contributed by atoms with van der Waals surface area (Å²) < 4.78 is 11.6. The number of nitrogens with zero attached hydrogens (tertiary/aromatic N) is 1. The van der Waals surface area contributed by atoms with Gasteiger partial charge in [0.25, 0.3) is 5.91 Å². The van der Waals surface area contributed by atoms with E-state index in [1.807, 2.05) is 54.3 Å². The highest BCUT2D eigenvalue weighted by atomic mass is 16.5. The summed E-state index contributed by atoms with van der Waals surface area (Å²) >= 11 is 0. The number of carbonyl (C=O) groups excluding carboxylic acids is 2. The van der Waals surface area contributed by atoms with Gasteiger partial charge in [-0.2, -0.15) is 0 Å². The van der Waals surface area contributed by atoms with Crippen molar-refractivity contribution in [3.8, 4) is 5.75 Å². The number of benzene rings is 2. The van der Waals surface area contributed by atoms with Crippen molar-refractivity contribution in [2.75, 3.05) is 33.4 Å². The molecule has 1 spiro atoms. The first-order chi connectivity index (χ1) is 15.5. The molecule has 1 N–H and O–H groups in total. The molecule has 1 fully saturated rings. The third kappa shape index (κ3) is 4.80. The average Bonchev–Trinajstić information content (AvgIpc) is 2.80. The second-order valence-corrected chi connectivity index (χ2v) is 8.88. The number of amides is 2. The quantitative estimate of drug-likeness (QED) is 0.702. The molecule has 1 saturated heterocycles. The molecule has 0 aliphatic carbocycles. The van der Waals surface area contributed by atoms with E-state index in [2.05, 4.69) is 11.4 Å². The lowest BCUT2D eigenvalue weighted by Crippen LogP contribution is -2.52. The standard InChI is InChI=1S/C26H32N2O4/c1-19-7-3-4-8-21(19)25(30)28-14-11-26(12-15-28)18-20(17-24(29)27-13-16-31-2)22-9-5-6-10-23(22)32-26/h3-10,20H,11-18H2,1-2H3,(H,27,29)/t20-/m1/s1. The molecule has 2 heterocycles. The number of nitrogens with one attached hydrogen (secondary N) is 1. The number of fused-ring (bicyclic) bond motifs is 1. The number of ether oxygens (including phenoxy) is 2. The minimum absolute atomic E-state index is 0.0334. The monoisotopic (exact) mass is 436 g/mol. The van der Waals surface area contributed by atoms with E-state index in [1.165, 1.54) is 0 Å². The van der Waals surface area contributed by atoms with Crippen LogP contribution in [0.2, 0.25) is 0 Å². The molecule has 0 saturated carbocycles. The second kappa shape index (κ2) is 9.74. The van der Waals surface area contributed by atoms with Gasteiger partial charge in [0.1, 0.15) is 11.4 Å². The zero-order chi connectivity index (χ0) is 22.6. The minimum Gasteiger partial charge on any atom is -0.487 e. The number of rotatable bonds is 6. The number of hydrogen-bond acceptors (Lipinski definition) is 4. The molecular formula is C26H32N2O4. The zero-order valence-corrected chi connectivity index (χ0v) is 18.9. The minimum atomic E-state index is -0.339. The lowest BCUT2D eigenvalue weighted by molar-refractivity contribution is -0.122. The Kier molecular flexibility index (Phi) is 6.80. The summed E-state index contributed by atoms with van der Waals surface area (Å²) in [5.41, 5.74) is 2.52. The van der Waals surface area contributed by atoms with Crippen molar-refractivity contribution >= 4 is 11.8 Å². The van der Waals surface area contributed by atoms with E-state index in [0.29, 0.717) is 32.7 Å². The highest BCUT2D eigenvalue weighted by molar-refractivity contribution is 5.95. The van der Waals surface area contributed by atoms with Gasteiger partial charge in [0.15, 0.2) is 0 Å². The van der Waals surface area contributed by atoms with Gasteiger partial charge in [0.2, 0.25) is 5.91 Å². The molecule has 1 atom stereocenters. The van der Waals surface area contributed by atoms with Crippen molar-refractivity contribution < 1.29 is 19.1 Å². The molecule has 2 aromatic rings. The van der Waals surface area contributed by atoms with E-state index in [0.717, 1.165) is 41.7 Å². The first-order valence-electron chi connectivity index (χ1n) is 11.4. The Morgan fingerprint density at radius 3 is 2.59 bits per heavy atom. The number of hydrogen-bond donors (Lipinski definition) is 1. The normalized spacial score (nSPS) is 19.2. The molecule has 0 bridgehead atoms. The molecule has 0 aromatic heterocycles. The van der Waals surface area contributed by atoms with Crippen molar-refractivity contribution in [3.05, 3.63) is 65.2 Å². The first kappa shape index (κ1) is 22.3. The molecule has 2 amide bonds. The van der Waals surface area contributed by atoms with Crippen molar-refractivity contribution in [1.29, 1.82) is 0 Å². The Labute approximate surface area is 189 Å². The van der Waals surface area contributed by atoms with Gasteiger partial charge in [-0.1, -0.05) is 36.4 Å². The van der Waals surface area contributed by atoms with Crippen molar-refractivity contribution in [2.24, 2.45) is 0 Å². The number of likely N-dealkylation sites (tertiary alicyclic amines) is 1. The van der Waals surface area contributed by atoms with Crippen molar-refractivity contribution in [1.82, 2.24) is 10.2 Å². The molecule has 0 unspecified atom stereocenters. The molecule has 2 aromatic carbocycles. The predicted molar refractivity (Wildman–Crippen MR) is 123 cm³/mol. The van der Waals surface area contributed by atoms with Crippen LogP contribution in [0.15, 0.2) is 48.5 Å². The van der Waals surface area contributed by atoms with Gasteiger partial charge in [0, 0.05) is 57.5 Å². The molecule has 2 aliphatic rings. The molecule has 6 heteroatoms. The maximum atomic E-state index is 13.0. The van der Waals surface area contributed by atoms with Crippen LogP contribution in [0.5, 0.6) is 5.75 Å². The van der Waals surface area contributed by atoms with Crippen molar-refractivity contribution in [3.63, 3.8) is 0 Å². The molecular weight excluding hydrogens is 404 g/mol. The van der Waals surface area contributed by atoms with E-state index < -0.39 is 0 Å². The lowest BCUT2D eigenvalue weighted by Gasteiger charge is -2.47. The van der Waals surface area contributed by atoms with Gasteiger partial charge in [0.05, 0.1) is 6.61 Å². The van der Waals surface area contributed by atoms with E-state index in [4.69, 9.17) is 9.47 Å². The van der Waals surface area contributed by atoms with Crippen molar-refractivity contribution in [2.45, 2.75) is 44.1 Å². The first-order valence-corrected chi connectivity index (χ1v) is 11.4. The fraction of sp³-hybridized carbons (Fsp3) is 0.462. The number of methoxy groups -OCH3 is 1. The third-order valence-electron chi connectivity index (χ3n) is 6.70. The largest absolute Gasteiger partial charge is 0.487 e. The highest BCUT2D eigenvalue weighted by Crippen LogP contribution is 2.46. The smallest absolute Gasteiger partial charge is 0.254 e. The summed E-state index contributed by atoms with van der Waals surface area (Å²) in [7, 11) is 1.63. The van der Waals surface area contributed by atoms with Crippen LogP contribution in [0.1, 0.15) is 53.1 Å². The van der Waals surface area contributed by atoms with Crippen LogP contribution < -0.4 is 10.1 Å². The summed E-state index contributed by atoms with van der Waals surface area (Å²) in [6.07, 6.45) is 2.74. The Morgan fingerprint density at radius 1 is 1.12 bits per heavy atom. The van der Waals surface area contributed by atoms with Gasteiger partial charge in [-0.15, -0.1) is 0 Å². The SMILES string of the molecule is COCCNC(=O)C[C@@H]1CC2(CCN(C(=O)c3ccccc3C)CC2)Oc2ccccc21. The number of piperidine rings is 1. The topological polar surface area (TPSA) is 67.9 Å². The fourth-order valence-corrected chi connectivity index (χ4v) is 4.92. The summed E-state index contributed by atoms with van der Waals surface area (Å²) in [4.78, 5) is 27.5. The second-order valence-electron chi connectivity index (χ2n) is 8.88. The highest BCUT2D eigenvalue weighted by Gasteiger charge is 2.44. The van der Waals surface area contributed by atoms with Crippen LogP contribution in [0.25, 0.3) is 0 Å². The van der Waals surface area contributed by atoms with Gasteiger partial charge in [-0.05, 0) is 36.6 Å². The van der Waals surface area contributed by atoms with E-state index in [9.17, 15) is 9.59 Å². The van der Waals surface area contributed by atoms with Gasteiger partial charge >= 0.3 is 0 Å². The van der Waals surface area contributed by atoms with Crippen LogP contribution in [-0.4, -0.2) is 55.7 Å². The molecule has 170 valence electrons. The summed E-state index contributed by atoms with van der Waals surface area (Å²) in [6.45, 7) is 4.30. The Balaban J connectivity index is 1.45. The number of para-hydroxylation sites is 1. The third-order valence-corrected chi connectivity index (χ3v) is 6.70. The van der Waals surface area contributed by atoms with E-state index in [1.54, 1.807) is 7.11 Å². The zero-order valence-electron chi connectivity index (χ0n) is 18.9. The Morgan fingerprint density at radius 2 is 1.84 bits per heavy atom. The van der Waals surface area contributed by atoms with Gasteiger partial charge in [-0.3, -0.25) is 9.59 Å². The van der Waals surface area contributed by atoms with Crippen LogP contribution in [-0.2, 0) is 9.53 Å². The summed E-state index contributed by atoms with van der Waals surface area (Å²) in [6, 6.07) is 15.8. The van der Waals surface area contributed by atoms with Gasteiger partial charge in [-0.25, -0.2) is 0 Å². The Bertz CT molecular complexity index is 966. The number of aryl methyl sites for hydroxylation is 1. The predicted octanol–water partition coefficient (Wildman–Crippen LogP) is 3.69. The fourth-order valence-electron chi connectivity index (χ4n) is 4.92. The number of carbonyl (C=O) groups is 2. The molecule has 6 nitrogen and oxygen atoms in total. The maximum Gasteiger partial charge on any atom is 0.254 e. The van der Waals surface area contributed by atoms with Crippen LogP contribution >= 0.6 is 0 Å². The molecule has 2 aliphatic heterocycles. The average molecular weight is 437 g/mol. The Hall–Kier alpha value is -2.86. The van der Waals surface area contributed by atoms with E-state index in [-0.39, 0.29) is 23.3 Å². The van der Waals surface area contributed by atoms with Crippen LogP contribution in [0.4, 0.5) is 0 Å². The maximum absolute atomic E-state index is 13.0. The van der Waals surface area contributed by atoms with Crippen LogP contribution in [0.3, 0.4) is 0 Å². The molecule has 4 rings (SSSR count). The molecule has 32 heavy (non-hydrogen) atoms. The molecule has 0 radical (unpaired) electrons.